The molecule has 5 heteroatoms. The predicted molar refractivity (Wildman–Crippen MR) is 98.1 cm³/mol. The Morgan fingerprint density at radius 3 is 2.76 bits per heavy atom. The Balaban J connectivity index is 1.56. The molecule has 3 rings (SSSR count). The molecule has 1 aliphatic carbocycles. The predicted octanol–water partition coefficient (Wildman–Crippen LogP) is 1.87. The van der Waals surface area contributed by atoms with E-state index in [1.807, 2.05) is 18.2 Å². The molecule has 0 radical (unpaired) electrons. The van der Waals surface area contributed by atoms with Gasteiger partial charge in [-0.15, -0.1) is 0 Å². The highest BCUT2D eigenvalue weighted by Crippen LogP contribution is 2.39. The minimum Gasteiger partial charge on any atom is -0.353 e. The number of amides is 2. The van der Waals surface area contributed by atoms with Crippen molar-refractivity contribution in [2.45, 2.75) is 57.0 Å². The summed E-state index contributed by atoms with van der Waals surface area (Å²) in [5.41, 5.74) is 1.28. The third-order valence-electron chi connectivity index (χ3n) is 5.34. The molecule has 1 aliphatic heterocycles. The monoisotopic (exact) mass is 343 g/mol. The van der Waals surface area contributed by atoms with E-state index in [1.165, 1.54) is 5.56 Å². The van der Waals surface area contributed by atoms with E-state index in [4.69, 9.17) is 0 Å². The van der Waals surface area contributed by atoms with Crippen molar-refractivity contribution in [3.8, 4) is 0 Å². The summed E-state index contributed by atoms with van der Waals surface area (Å²) in [5.74, 6) is -0.00693. The van der Waals surface area contributed by atoms with E-state index in [-0.39, 0.29) is 29.8 Å². The smallest absolute Gasteiger partial charge is 0.237 e. The summed E-state index contributed by atoms with van der Waals surface area (Å²) < 4.78 is 0. The minimum absolute atomic E-state index is 0.0118. The number of benzene rings is 1. The zero-order valence-electron chi connectivity index (χ0n) is 15.1. The third kappa shape index (κ3) is 4.82. The van der Waals surface area contributed by atoms with E-state index in [0.717, 1.165) is 45.2 Å². The van der Waals surface area contributed by atoms with Crippen LogP contribution in [0.5, 0.6) is 0 Å². The molecule has 1 saturated heterocycles. The largest absolute Gasteiger partial charge is 0.353 e. The van der Waals surface area contributed by atoms with Crippen LogP contribution in [-0.2, 0) is 16.0 Å². The number of rotatable bonds is 8. The van der Waals surface area contributed by atoms with Crippen LogP contribution in [0, 0.1) is 0 Å². The Morgan fingerprint density at radius 2 is 2.08 bits per heavy atom. The highest BCUT2D eigenvalue weighted by Gasteiger charge is 2.43. The van der Waals surface area contributed by atoms with Crippen molar-refractivity contribution in [3.05, 3.63) is 35.9 Å². The van der Waals surface area contributed by atoms with Crippen molar-refractivity contribution < 1.29 is 9.59 Å². The quantitative estimate of drug-likeness (QED) is 0.757. The summed E-state index contributed by atoms with van der Waals surface area (Å²) >= 11 is 0. The second-order valence-corrected chi connectivity index (χ2v) is 7.36. The summed E-state index contributed by atoms with van der Waals surface area (Å²) in [6.07, 6.45) is 5.40. The van der Waals surface area contributed by atoms with Gasteiger partial charge in [0.15, 0.2) is 0 Å². The molecule has 136 valence electrons. The number of carbonyl (C=O) groups excluding carboxylic acids is 2. The van der Waals surface area contributed by atoms with Crippen LogP contribution in [0.1, 0.15) is 44.6 Å². The summed E-state index contributed by atoms with van der Waals surface area (Å²) in [5, 5.41) is 6.09. The first-order valence-corrected chi connectivity index (χ1v) is 9.48. The zero-order chi connectivity index (χ0) is 17.7. The van der Waals surface area contributed by atoms with Crippen LogP contribution in [-0.4, -0.2) is 47.9 Å². The van der Waals surface area contributed by atoms with Crippen molar-refractivity contribution in [3.63, 3.8) is 0 Å². The molecule has 0 bridgehead atoms. The molecule has 0 unspecified atom stereocenters. The normalized spacial score (nSPS) is 22.3. The lowest BCUT2D eigenvalue weighted by molar-refractivity contribution is -0.134. The Hall–Kier alpha value is -1.88. The molecule has 1 aromatic carbocycles. The Kier molecular flexibility index (Phi) is 5.74. The fourth-order valence-electron chi connectivity index (χ4n) is 3.76. The van der Waals surface area contributed by atoms with Gasteiger partial charge in [-0.05, 0) is 31.2 Å². The number of hydrogen-bond donors (Lipinski definition) is 2. The van der Waals surface area contributed by atoms with Crippen LogP contribution in [0.2, 0.25) is 0 Å². The molecule has 25 heavy (non-hydrogen) atoms. The van der Waals surface area contributed by atoms with Crippen molar-refractivity contribution in [2.24, 2.45) is 0 Å². The van der Waals surface area contributed by atoms with Crippen molar-refractivity contribution in [1.82, 2.24) is 15.5 Å². The maximum atomic E-state index is 12.5. The number of hydrogen-bond acceptors (Lipinski definition) is 3. The van der Waals surface area contributed by atoms with Gasteiger partial charge in [0.25, 0.3) is 0 Å². The lowest BCUT2D eigenvalue weighted by Gasteiger charge is -2.35. The van der Waals surface area contributed by atoms with Crippen LogP contribution in [0.3, 0.4) is 0 Å². The van der Waals surface area contributed by atoms with Crippen LogP contribution < -0.4 is 10.6 Å². The van der Waals surface area contributed by atoms with Crippen molar-refractivity contribution >= 4 is 11.8 Å². The molecule has 2 aliphatic rings. The van der Waals surface area contributed by atoms with E-state index in [2.05, 4.69) is 34.6 Å². The fraction of sp³-hybridized carbons (Fsp3) is 0.600. The second-order valence-electron chi connectivity index (χ2n) is 7.36. The van der Waals surface area contributed by atoms with Gasteiger partial charge in [0.05, 0.1) is 12.5 Å². The molecule has 1 saturated carbocycles. The number of piperazine rings is 1. The van der Waals surface area contributed by atoms with Gasteiger partial charge in [-0.3, -0.25) is 14.5 Å². The molecule has 1 heterocycles. The summed E-state index contributed by atoms with van der Waals surface area (Å²) in [6.45, 7) is 4.41. The van der Waals surface area contributed by atoms with Crippen molar-refractivity contribution in [2.75, 3.05) is 19.6 Å². The maximum absolute atomic E-state index is 12.5. The van der Waals surface area contributed by atoms with E-state index >= 15 is 0 Å². The van der Waals surface area contributed by atoms with Gasteiger partial charge in [-0.2, -0.15) is 0 Å². The Morgan fingerprint density at radius 1 is 1.32 bits per heavy atom. The maximum Gasteiger partial charge on any atom is 0.237 e. The average Bonchev–Trinajstić information content (AvgIpc) is 3.35. The molecule has 5 nitrogen and oxygen atoms in total. The number of nitrogens with zero attached hydrogens (tertiary/aromatic N) is 1. The highest BCUT2D eigenvalue weighted by molar-refractivity contribution is 5.89. The third-order valence-corrected chi connectivity index (χ3v) is 5.34. The zero-order valence-corrected chi connectivity index (χ0v) is 15.1. The van der Waals surface area contributed by atoms with E-state index < -0.39 is 0 Å². The van der Waals surface area contributed by atoms with Gasteiger partial charge in [0.2, 0.25) is 11.8 Å². The van der Waals surface area contributed by atoms with Gasteiger partial charge in [0, 0.05) is 25.2 Å². The van der Waals surface area contributed by atoms with Crippen LogP contribution in [0.25, 0.3) is 0 Å². The van der Waals surface area contributed by atoms with Gasteiger partial charge in [0.1, 0.15) is 0 Å². The number of nitrogens with one attached hydrogen (secondary N) is 2. The molecule has 2 N–H and O–H groups in total. The van der Waals surface area contributed by atoms with E-state index in [9.17, 15) is 9.59 Å². The van der Waals surface area contributed by atoms with Crippen LogP contribution in [0.4, 0.5) is 0 Å². The molecule has 0 aromatic heterocycles. The topological polar surface area (TPSA) is 61.4 Å². The molecular weight excluding hydrogens is 314 g/mol. The Labute approximate surface area is 150 Å². The molecule has 1 aromatic rings. The van der Waals surface area contributed by atoms with E-state index in [1.54, 1.807) is 0 Å². The first kappa shape index (κ1) is 17.9. The van der Waals surface area contributed by atoms with Crippen LogP contribution >= 0.6 is 0 Å². The molecule has 1 atom stereocenters. The molecule has 0 spiro atoms. The molecular formula is C20H29N3O2. The lowest BCUT2D eigenvalue weighted by Crippen LogP contribution is -2.57. The van der Waals surface area contributed by atoms with Gasteiger partial charge in [-0.1, -0.05) is 43.7 Å². The summed E-state index contributed by atoms with van der Waals surface area (Å²) in [7, 11) is 0. The lowest BCUT2D eigenvalue weighted by atomic mass is 10.0. The molecule has 2 amide bonds. The SMILES string of the molecule is CCCC1(NC(=O)C[C@H]2C(=O)NCCN2CCc2ccccc2)CC1. The van der Waals surface area contributed by atoms with Gasteiger partial charge < -0.3 is 10.6 Å². The second kappa shape index (κ2) is 8.00. The van der Waals surface area contributed by atoms with Crippen molar-refractivity contribution in [1.29, 1.82) is 0 Å². The van der Waals surface area contributed by atoms with Crippen LogP contribution in [0.15, 0.2) is 30.3 Å². The van der Waals surface area contributed by atoms with Gasteiger partial charge in [-0.25, -0.2) is 0 Å². The minimum atomic E-state index is -0.352. The Bertz CT molecular complexity index is 598. The average molecular weight is 343 g/mol. The fourth-order valence-corrected chi connectivity index (χ4v) is 3.76. The molecule has 2 fully saturated rings. The first-order valence-electron chi connectivity index (χ1n) is 9.48. The summed E-state index contributed by atoms with van der Waals surface area (Å²) in [6, 6.07) is 9.93. The standard InChI is InChI=1S/C20H29N3O2/c1-2-9-20(10-11-20)22-18(24)15-17-19(25)21-12-14-23(17)13-8-16-6-4-3-5-7-16/h3-7,17H,2,8-15H2,1H3,(H,21,25)(H,22,24)/t17-/m0/s1. The summed E-state index contributed by atoms with van der Waals surface area (Å²) in [4.78, 5) is 27.0. The highest BCUT2D eigenvalue weighted by atomic mass is 16.2. The van der Waals surface area contributed by atoms with E-state index in [0.29, 0.717) is 6.54 Å². The number of carbonyl (C=O) groups is 2. The van der Waals surface area contributed by atoms with Gasteiger partial charge >= 0.3 is 0 Å². The first-order chi connectivity index (χ1) is 12.1.